The first-order valence-electron chi connectivity index (χ1n) is 11.5. The van der Waals surface area contributed by atoms with E-state index in [-0.39, 0.29) is 6.04 Å². The number of rotatable bonds is 8. The molecule has 2 aromatic carbocycles. The lowest BCUT2D eigenvalue weighted by atomic mass is 9.97. The van der Waals surface area contributed by atoms with Crippen LogP contribution >= 0.6 is 0 Å². The van der Waals surface area contributed by atoms with Crippen LogP contribution in [-0.2, 0) is 12.8 Å². The van der Waals surface area contributed by atoms with Gasteiger partial charge in [-0.1, -0.05) is 0 Å². The van der Waals surface area contributed by atoms with E-state index in [1.165, 1.54) is 23.1 Å². The van der Waals surface area contributed by atoms with Crippen LogP contribution in [0, 0.1) is 11.6 Å². The monoisotopic (exact) mass is 450 g/mol. The molecule has 0 amide bonds. The molecule has 2 aromatic heterocycles. The normalized spacial score (nSPS) is 15.8. The topological polar surface area (TPSA) is 61.8 Å². The number of hydrogen-bond donors (Lipinski definition) is 2. The molecular formula is C25H28F2N6. The number of piperazine rings is 1. The Morgan fingerprint density at radius 1 is 0.970 bits per heavy atom. The van der Waals surface area contributed by atoms with E-state index in [9.17, 15) is 8.78 Å². The Balaban J connectivity index is 1.30. The Hall–Kier alpha value is -3.10. The lowest BCUT2D eigenvalue weighted by Gasteiger charge is -2.35. The molecule has 0 radical (unpaired) electrons. The van der Waals surface area contributed by atoms with E-state index in [0.717, 1.165) is 68.3 Å². The predicted octanol–water partition coefficient (Wildman–Crippen LogP) is 3.87. The van der Waals surface area contributed by atoms with Crippen molar-refractivity contribution in [3.63, 3.8) is 0 Å². The van der Waals surface area contributed by atoms with Gasteiger partial charge in [0.05, 0.1) is 0 Å². The summed E-state index contributed by atoms with van der Waals surface area (Å²) in [5.41, 5.74) is 4.13. The van der Waals surface area contributed by atoms with Gasteiger partial charge >= 0.3 is 0 Å². The van der Waals surface area contributed by atoms with Gasteiger partial charge in [0.25, 0.3) is 0 Å². The van der Waals surface area contributed by atoms with Crippen molar-refractivity contribution in [1.82, 2.24) is 30.0 Å². The molecule has 1 fully saturated rings. The molecule has 8 heteroatoms. The van der Waals surface area contributed by atoms with Gasteiger partial charge in [0, 0.05) is 61.1 Å². The van der Waals surface area contributed by atoms with Gasteiger partial charge in [0.1, 0.15) is 24.3 Å². The van der Waals surface area contributed by atoms with Crippen LogP contribution in [-0.4, -0.2) is 56.9 Å². The van der Waals surface area contributed by atoms with E-state index in [1.54, 1.807) is 12.7 Å². The summed E-state index contributed by atoms with van der Waals surface area (Å²) in [7, 11) is 0. The maximum atomic E-state index is 13.8. The van der Waals surface area contributed by atoms with Gasteiger partial charge < -0.3 is 10.3 Å². The summed E-state index contributed by atoms with van der Waals surface area (Å²) in [6.45, 7) is 3.81. The highest BCUT2D eigenvalue weighted by atomic mass is 19.1. The average molecular weight is 451 g/mol. The van der Waals surface area contributed by atoms with Crippen LogP contribution in [0.15, 0.2) is 55.2 Å². The molecule has 1 aliphatic rings. The molecule has 3 heterocycles. The molecule has 1 aliphatic heterocycles. The highest BCUT2D eigenvalue weighted by molar-refractivity contribution is 5.85. The van der Waals surface area contributed by atoms with Gasteiger partial charge in [0.2, 0.25) is 0 Å². The number of H-pyrrole nitrogens is 1. The fraction of sp³-hybridized carbons (Fsp3) is 0.360. The Bertz CT molecular complexity index is 1180. The molecule has 2 N–H and O–H groups in total. The van der Waals surface area contributed by atoms with Crippen LogP contribution in [0.3, 0.4) is 0 Å². The SMILES string of the molecule is Fc1cc(F)cc(CC(CCCc2c[nH]c3ccc(-n4cnnc4)cc23)N2CCNCC2)c1. The van der Waals surface area contributed by atoms with Crippen LogP contribution < -0.4 is 5.32 Å². The van der Waals surface area contributed by atoms with Crippen molar-refractivity contribution in [2.75, 3.05) is 26.2 Å². The van der Waals surface area contributed by atoms with Crippen molar-refractivity contribution in [3.8, 4) is 5.69 Å². The standard InChI is InChI=1S/C25H28F2N6/c26-20-10-18(11-21(27)13-20)12-22(32-8-6-28-7-9-32)3-1-2-19-15-29-25-5-4-23(14-24(19)25)33-16-30-31-17-33/h4-5,10-11,13-17,22,28-29H,1-3,6-9,12H2. The van der Waals surface area contributed by atoms with E-state index >= 15 is 0 Å². The summed E-state index contributed by atoms with van der Waals surface area (Å²) in [5.74, 6) is -1.02. The third-order valence-electron chi connectivity index (χ3n) is 6.51. The number of benzene rings is 2. The second-order valence-electron chi connectivity index (χ2n) is 8.73. The molecule has 1 saturated heterocycles. The molecule has 0 spiro atoms. The number of nitrogens with zero attached hydrogens (tertiary/aromatic N) is 4. The minimum absolute atomic E-state index is 0.256. The molecule has 0 aliphatic carbocycles. The molecular weight excluding hydrogens is 422 g/mol. The molecule has 1 atom stereocenters. The van der Waals surface area contributed by atoms with E-state index in [2.05, 4.69) is 43.7 Å². The van der Waals surface area contributed by atoms with Gasteiger partial charge in [-0.05, 0) is 67.1 Å². The van der Waals surface area contributed by atoms with Gasteiger partial charge in [-0.2, -0.15) is 0 Å². The first kappa shape index (κ1) is 21.7. The second-order valence-corrected chi connectivity index (χ2v) is 8.73. The maximum absolute atomic E-state index is 13.8. The van der Waals surface area contributed by atoms with Crippen LogP contribution in [0.2, 0.25) is 0 Å². The smallest absolute Gasteiger partial charge is 0.126 e. The number of aromatic amines is 1. The zero-order valence-corrected chi connectivity index (χ0v) is 18.5. The minimum atomic E-state index is -0.508. The number of halogens is 2. The van der Waals surface area contributed by atoms with Crippen molar-refractivity contribution < 1.29 is 8.78 Å². The highest BCUT2D eigenvalue weighted by Crippen LogP contribution is 2.24. The molecule has 0 saturated carbocycles. The summed E-state index contributed by atoms with van der Waals surface area (Å²) >= 11 is 0. The van der Waals surface area contributed by atoms with Crippen molar-refractivity contribution in [1.29, 1.82) is 0 Å². The van der Waals surface area contributed by atoms with Crippen molar-refractivity contribution in [3.05, 3.63) is 78.0 Å². The Labute approximate surface area is 191 Å². The number of nitrogens with one attached hydrogen (secondary N) is 2. The number of aromatic nitrogens is 4. The average Bonchev–Trinajstić information content (AvgIpc) is 3.48. The highest BCUT2D eigenvalue weighted by Gasteiger charge is 2.21. The Morgan fingerprint density at radius 3 is 2.48 bits per heavy atom. The van der Waals surface area contributed by atoms with E-state index in [0.29, 0.717) is 6.42 Å². The number of aryl methyl sites for hydroxylation is 1. The quantitative estimate of drug-likeness (QED) is 0.428. The molecule has 6 nitrogen and oxygen atoms in total. The van der Waals surface area contributed by atoms with E-state index in [4.69, 9.17) is 0 Å². The lowest BCUT2D eigenvalue weighted by Crippen LogP contribution is -2.49. The first-order valence-corrected chi connectivity index (χ1v) is 11.5. The Morgan fingerprint density at radius 2 is 1.73 bits per heavy atom. The number of hydrogen-bond acceptors (Lipinski definition) is 4. The van der Waals surface area contributed by atoms with Gasteiger partial charge in [-0.3, -0.25) is 9.47 Å². The third kappa shape index (κ3) is 5.12. The second kappa shape index (κ2) is 9.80. The third-order valence-corrected chi connectivity index (χ3v) is 6.51. The van der Waals surface area contributed by atoms with Crippen LogP contribution in [0.1, 0.15) is 24.0 Å². The molecule has 172 valence electrons. The van der Waals surface area contributed by atoms with Crippen molar-refractivity contribution in [2.24, 2.45) is 0 Å². The predicted molar refractivity (Wildman–Crippen MR) is 124 cm³/mol. The maximum Gasteiger partial charge on any atom is 0.126 e. The Kier molecular flexibility index (Phi) is 6.46. The molecule has 5 rings (SSSR count). The minimum Gasteiger partial charge on any atom is -0.361 e. The zero-order valence-electron chi connectivity index (χ0n) is 18.5. The van der Waals surface area contributed by atoms with E-state index < -0.39 is 11.6 Å². The van der Waals surface area contributed by atoms with E-state index in [1.807, 2.05) is 10.6 Å². The fourth-order valence-corrected chi connectivity index (χ4v) is 4.86. The van der Waals surface area contributed by atoms with Crippen LogP contribution in [0.5, 0.6) is 0 Å². The summed E-state index contributed by atoms with van der Waals surface area (Å²) in [6.07, 6.45) is 9.03. The number of fused-ring (bicyclic) bond motifs is 1. The van der Waals surface area contributed by atoms with Crippen LogP contribution in [0.4, 0.5) is 8.78 Å². The lowest BCUT2D eigenvalue weighted by molar-refractivity contribution is 0.161. The summed E-state index contributed by atoms with van der Waals surface area (Å²) in [6, 6.07) is 10.4. The van der Waals surface area contributed by atoms with Crippen LogP contribution in [0.25, 0.3) is 16.6 Å². The molecule has 1 unspecified atom stereocenters. The van der Waals surface area contributed by atoms with Gasteiger partial charge in [-0.15, -0.1) is 10.2 Å². The summed E-state index contributed by atoms with van der Waals surface area (Å²) in [5, 5.41) is 12.4. The summed E-state index contributed by atoms with van der Waals surface area (Å²) < 4.78 is 29.4. The molecule has 4 aromatic rings. The van der Waals surface area contributed by atoms with Crippen molar-refractivity contribution in [2.45, 2.75) is 31.7 Å². The fourth-order valence-electron chi connectivity index (χ4n) is 4.86. The molecule has 0 bridgehead atoms. The van der Waals surface area contributed by atoms with Gasteiger partial charge in [-0.25, -0.2) is 8.78 Å². The van der Waals surface area contributed by atoms with Crippen molar-refractivity contribution >= 4 is 10.9 Å². The first-order chi connectivity index (χ1) is 16.2. The molecule has 33 heavy (non-hydrogen) atoms. The summed E-state index contributed by atoms with van der Waals surface area (Å²) in [4.78, 5) is 5.83. The zero-order chi connectivity index (χ0) is 22.6. The largest absolute Gasteiger partial charge is 0.361 e. The van der Waals surface area contributed by atoms with Gasteiger partial charge in [0.15, 0.2) is 0 Å².